The lowest BCUT2D eigenvalue weighted by atomic mass is 10.0. The fourth-order valence-corrected chi connectivity index (χ4v) is 2.59. The van der Waals surface area contributed by atoms with Crippen LogP contribution in [0.5, 0.6) is 23.0 Å². The van der Waals surface area contributed by atoms with Gasteiger partial charge in [-0.2, -0.15) is 0 Å². The Labute approximate surface area is 145 Å². The molecule has 2 aromatic rings. The Balaban J connectivity index is 2.01. The zero-order valence-electron chi connectivity index (χ0n) is 13.9. The third-order valence-electron chi connectivity index (χ3n) is 3.80. The quantitative estimate of drug-likeness (QED) is 0.665. The molecule has 0 unspecified atom stereocenters. The maximum absolute atomic E-state index is 11.8. The molecule has 1 aliphatic heterocycles. The van der Waals surface area contributed by atoms with Crippen LogP contribution in [0.15, 0.2) is 36.4 Å². The van der Waals surface area contributed by atoms with E-state index in [1.807, 2.05) is 0 Å². The van der Waals surface area contributed by atoms with E-state index in [0.717, 1.165) is 0 Å². The van der Waals surface area contributed by atoms with Crippen LogP contribution >= 0.6 is 0 Å². The number of carbonyl (C=O) groups is 1. The van der Waals surface area contributed by atoms with Gasteiger partial charge in [-0.05, 0) is 41.5 Å². The fraction of sp³-hybridized carbons (Fsp3) is 0.211. The molecule has 25 heavy (non-hydrogen) atoms. The molecular weight excluding hydrogens is 324 g/mol. The molecule has 6 nitrogen and oxygen atoms in total. The summed E-state index contributed by atoms with van der Waals surface area (Å²) in [4.78, 5) is 11.8. The maximum atomic E-state index is 11.8. The van der Waals surface area contributed by atoms with Crippen molar-refractivity contribution < 1.29 is 28.8 Å². The molecule has 0 saturated carbocycles. The van der Waals surface area contributed by atoms with Gasteiger partial charge >= 0.3 is 5.97 Å². The first-order valence-electron chi connectivity index (χ1n) is 7.69. The van der Waals surface area contributed by atoms with Crippen molar-refractivity contribution >= 4 is 17.6 Å². The second-order valence-electron chi connectivity index (χ2n) is 5.34. The first-order chi connectivity index (χ1) is 12.1. The predicted octanol–water partition coefficient (Wildman–Crippen LogP) is 3.10. The molecule has 0 bridgehead atoms. The maximum Gasteiger partial charge on any atom is 0.336 e. The minimum Gasteiger partial charge on any atom is -0.493 e. The van der Waals surface area contributed by atoms with E-state index < -0.39 is 5.97 Å². The van der Waals surface area contributed by atoms with Crippen molar-refractivity contribution in [2.24, 2.45) is 0 Å². The summed E-state index contributed by atoms with van der Waals surface area (Å²) < 4.78 is 21.5. The van der Waals surface area contributed by atoms with Crippen molar-refractivity contribution in [3.8, 4) is 23.0 Å². The number of benzene rings is 2. The van der Waals surface area contributed by atoms with Gasteiger partial charge in [0.05, 0.1) is 19.8 Å². The number of ether oxygens (including phenoxy) is 4. The smallest absolute Gasteiger partial charge is 0.336 e. The largest absolute Gasteiger partial charge is 0.493 e. The number of hydrogen-bond acceptors (Lipinski definition) is 5. The van der Waals surface area contributed by atoms with Crippen LogP contribution in [0.1, 0.15) is 11.1 Å². The van der Waals surface area contributed by atoms with Crippen molar-refractivity contribution in [3.63, 3.8) is 0 Å². The number of carboxylic acids is 1. The lowest BCUT2D eigenvalue weighted by Gasteiger charge is -2.19. The van der Waals surface area contributed by atoms with Crippen molar-refractivity contribution in [1.29, 1.82) is 0 Å². The van der Waals surface area contributed by atoms with Crippen molar-refractivity contribution in [2.75, 3.05) is 27.4 Å². The minimum absolute atomic E-state index is 0.143. The Hall–Kier alpha value is -3.15. The third kappa shape index (κ3) is 3.52. The molecular formula is C19H18O6. The van der Waals surface area contributed by atoms with E-state index in [0.29, 0.717) is 47.3 Å². The van der Waals surface area contributed by atoms with Gasteiger partial charge in [0, 0.05) is 0 Å². The van der Waals surface area contributed by atoms with Gasteiger partial charge in [0.25, 0.3) is 0 Å². The zero-order chi connectivity index (χ0) is 17.8. The number of methoxy groups -OCH3 is 2. The standard InChI is InChI=1S/C19H18O6/c1-22-15-5-3-12(10-17(15)23-2)9-14(19(20)21)13-4-6-16-18(11-13)25-8-7-24-16/h3-6,9-11H,7-8H2,1-2H3,(H,20,21)/b14-9-. The highest BCUT2D eigenvalue weighted by atomic mass is 16.6. The molecule has 0 radical (unpaired) electrons. The van der Waals surface area contributed by atoms with Crippen molar-refractivity contribution in [1.82, 2.24) is 0 Å². The van der Waals surface area contributed by atoms with Crippen LogP contribution in [0.2, 0.25) is 0 Å². The molecule has 2 aromatic carbocycles. The SMILES string of the molecule is COc1ccc(/C=C(\C(=O)O)c2ccc3c(c2)OCCO3)cc1OC. The Bertz CT molecular complexity index is 825. The lowest BCUT2D eigenvalue weighted by Crippen LogP contribution is -2.15. The van der Waals surface area contributed by atoms with Crippen LogP contribution in [-0.4, -0.2) is 38.5 Å². The van der Waals surface area contributed by atoms with Crippen LogP contribution in [0.25, 0.3) is 11.6 Å². The minimum atomic E-state index is -1.04. The topological polar surface area (TPSA) is 74.2 Å². The first kappa shape index (κ1) is 16.7. The number of rotatable bonds is 5. The summed E-state index contributed by atoms with van der Waals surface area (Å²) >= 11 is 0. The zero-order valence-corrected chi connectivity index (χ0v) is 13.9. The predicted molar refractivity (Wildman–Crippen MR) is 92.5 cm³/mol. The second-order valence-corrected chi connectivity index (χ2v) is 5.34. The average Bonchev–Trinajstić information content (AvgIpc) is 2.65. The van der Waals surface area contributed by atoms with Crippen LogP contribution in [0.4, 0.5) is 0 Å². The monoisotopic (exact) mass is 342 g/mol. The van der Waals surface area contributed by atoms with Gasteiger partial charge in [0.2, 0.25) is 0 Å². The van der Waals surface area contributed by atoms with E-state index in [-0.39, 0.29) is 5.57 Å². The van der Waals surface area contributed by atoms with E-state index in [9.17, 15) is 9.90 Å². The van der Waals surface area contributed by atoms with Crippen LogP contribution in [0.3, 0.4) is 0 Å². The summed E-state index contributed by atoms with van der Waals surface area (Å²) in [6, 6.07) is 10.3. The van der Waals surface area contributed by atoms with E-state index in [1.54, 1.807) is 49.6 Å². The Morgan fingerprint density at radius 2 is 1.72 bits per heavy atom. The fourth-order valence-electron chi connectivity index (χ4n) is 2.59. The molecule has 0 atom stereocenters. The summed E-state index contributed by atoms with van der Waals surface area (Å²) in [6.45, 7) is 0.928. The number of hydrogen-bond donors (Lipinski definition) is 1. The molecule has 0 saturated heterocycles. The molecule has 0 amide bonds. The van der Waals surface area contributed by atoms with Crippen molar-refractivity contribution in [2.45, 2.75) is 0 Å². The third-order valence-corrected chi connectivity index (χ3v) is 3.80. The van der Waals surface area contributed by atoms with Gasteiger partial charge in [-0.15, -0.1) is 0 Å². The van der Waals surface area contributed by atoms with Gasteiger partial charge in [-0.3, -0.25) is 0 Å². The van der Waals surface area contributed by atoms with Crippen LogP contribution in [0, 0.1) is 0 Å². The summed E-state index contributed by atoms with van der Waals surface area (Å²) in [7, 11) is 3.08. The molecule has 1 aliphatic rings. The van der Waals surface area contributed by atoms with Crippen LogP contribution in [-0.2, 0) is 4.79 Å². The number of aliphatic carboxylic acids is 1. The Morgan fingerprint density at radius 3 is 2.40 bits per heavy atom. The molecule has 130 valence electrons. The molecule has 6 heteroatoms. The molecule has 0 spiro atoms. The normalized spacial score (nSPS) is 13.3. The first-order valence-corrected chi connectivity index (χ1v) is 7.69. The second kappa shape index (κ2) is 7.17. The number of carboxylic acid groups (broad SMARTS) is 1. The molecule has 1 heterocycles. The van der Waals surface area contributed by atoms with E-state index >= 15 is 0 Å². The highest BCUT2D eigenvalue weighted by Crippen LogP contribution is 2.34. The van der Waals surface area contributed by atoms with Gasteiger partial charge in [0.1, 0.15) is 13.2 Å². The van der Waals surface area contributed by atoms with Gasteiger partial charge in [0.15, 0.2) is 23.0 Å². The van der Waals surface area contributed by atoms with E-state index in [1.165, 1.54) is 7.11 Å². The highest BCUT2D eigenvalue weighted by Gasteiger charge is 2.17. The number of fused-ring (bicyclic) bond motifs is 1. The molecule has 3 rings (SSSR count). The Kier molecular flexibility index (Phi) is 4.79. The molecule has 0 fully saturated rings. The van der Waals surface area contributed by atoms with Gasteiger partial charge in [-0.25, -0.2) is 4.79 Å². The summed E-state index contributed by atoms with van der Waals surface area (Å²) in [5.74, 6) is 1.24. The van der Waals surface area contributed by atoms with Gasteiger partial charge in [-0.1, -0.05) is 12.1 Å². The Morgan fingerprint density at radius 1 is 1.00 bits per heavy atom. The highest BCUT2D eigenvalue weighted by molar-refractivity contribution is 6.20. The summed E-state index contributed by atoms with van der Waals surface area (Å²) in [5, 5.41) is 9.62. The molecule has 0 aliphatic carbocycles. The van der Waals surface area contributed by atoms with Crippen LogP contribution < -0.4 is 18.9 Å². The van der Waals surface area contributed by atoms with Gasteiger partial charge < -0.3 is 24.1 Å². The molecule has 0 aromatic heterocycles. The summed E-state index contributed by atoms with van der Waals surface area (Å²) in [6.07, 6.45) is 1.58. The summed E-state index contributed by atoms with van der Waals surface area (Å²) in [5.41, 5.74) is 1.36. The average molecular weight is 342 g/mol. The molecule has 1 N–H and O–H groups in total. The van der Waals surface area contributed by atoms with Crippen molar-refractivity contribution in [3.05, 3.63) is 47.5 Å². The van der Waals surface area contributed by atoms with E-state index in [4.69, 9.17) is 18.9 Å². The van der Waals surface area contributed by atoms with E-state index in [2.05, 4.69) is 0 Å². The lowest BCUT2D eigenvalue weighted by molar-refractivity contribution is -0.130.